The first-order chi connectivity index (χ1) is 9.67. The fourth-order valence-corrected chi connectivity index (χ4v) is 3.36. The maximum Gasteiger partial charge on any atom is 0.241 e. The van der Waals surface area contributed by atoms with Crippen molar-refractivity contribution in [3.63, 3.8) is 0 Å². The first-order valence-corrected chi connectivity index (χ1v) is 7.75. The van der Waals surface area contributed by atoms with E-state index in [0.29, 0.717) is 6.42 Å². The van der Waals surface area contributed by atoms with E-state index in [1.54, 1.807) is 0 Å². The number of hydrogen-bond acceptors (Lipinski definition) is 6. The molecule has 0 aromatic rings. The van der Waals surface area contributed by atoms with Gasteiger partial charge in [0.25, 0.3) is 0 Å². The van der Waals surface area contributed by atoms with E-state index in [1.807, 2.05) is 0 Å². The van der Waals surface area contributed by atoms with Crippen LogP contribution in [0.15, 0.2) is 0 Å². The summed E-state index contributed by atoms with van der Waals surface area (Å²) in [4.78, 5) is 15.8. The van der Waals surface area contributed by atoms with Crippen LogP contribution in [0.1, 0.15) is 26.7 Å². The van der Waals surface area contributed by atoms with Crippen molar-refractivity contribution in [1.82, 2.24) is 20.4 Å². The Morgan fingerprint density at radius 3 is 2.45 bits per heavy atom. The molecule has 0 aromatic carbocycles. The van der Waals surface area contributed by atoms with Crippen LogP contribution in [-0.4, -0.2) is 72.4 Å². The van der Waals surface area contributed by atoms with Crippen molar-refractivity contribution in [3.05, 3.63) is 10.1 Å². The topological polar surface area (TPSA) is 73.7 Å². The minimum Gasteiger partial charge on any atom is -0.314 e. The van der Waals surface area contributed by atoms with Crippen LogP contribution in [0, 0.1) is 10.1 Å². The summed E-state index contributed by atoms with van der Waals surface area (Å²) in [5.41, 5.74) is 0. The van der Waals surface area contributed by atoms with Crippen molar-refractivity contribution in [1.29, 1.82) is 0 Å². The van der Waals surface area contributed by atoms with E-state index < -0.39 is 6.04 Å². The smallest absolute Gasteiger partial charge is 0.241 e. The van der Waals surface area contributed by atoms with E-state index in [0.717, 1.165) is 45.7 Å². The summed E-state index contributed by atoms with van der Waals surface area (Å²) in [6, 6.07) is -0.486. The van der Waals surface area contributed by atoms with Gasteiger partial charge in [-0.3, -0.25) is 25.2 Å². The molecule has 2 heterocycles. The maximum atomic E-state index is 11.3. The van der Waals surface area contributed by atoms with Gasteiger partial charge in [-0.1, -0.05) is 13.8 Å². The van der Waals surface area contributed by atoms with E-state index in [4.69, 9.17) is 0 Å². The molecule has 116 valence electrons. The Hall–Kier alpha value is -0.760. The average Bonchev–Trinajstić information content (AvgIpc) is 2.49. The summed E-state index contributed by atoms with van der Waals surface area (Å²) < 4.78 is 0. The zero-order chi connectivity index (χ0) is 14.5. The predicted octanol–water partition coefficient (Wildman–Crippen LogP) is -0.0857. The molecule has 2 saturated heterocycles. The van der Waals surface area contributed by atoms with Crippen LogP contribution in [-0.2, 0) is 0 Å². The number of nitrogens with one attached hydrogen (secondary N) is 2. The maximum absolute atomic E-state index is 11.3. The number of piperidine rings is 1. The highest BCUT2D eigenvalue weighted by Gasteiger charge is 2.42. The van der Waals surface area contributed by atoms with Gasteiger partial charge in [-0.05, 0) is 19.5 Å². The molecule has 0 radical (unpaired) electrons. The molecule has 20 heavy (non-hydrogen) atoms. The molecular weight excluding hydrogens is 258 g/mol. The van der Waals surface area contributed by atoms with Gasteiger partial charge in [0.1, 0.15) is 6.17 Å². The Morgan fingerprint density at radius 2 is 1.90 bits per heavy atom. The Balaban J connectivity index is 2.06. The van der Waals surface area contributed by atoms with Crippen LogP contribution in [0.4, 0.5) is 0 Å². The van der Waals surface area contributed by atoms with Crippen LogP contribution in [0.2, 0.25) is 0 Å². The van der Waals surface area contributed by atoms with Crippen LogP contribution in [0.25, 0.3) is 0 Å². The zero-order valence-corrected chi connectivity index (χ0v) is 12.5. The van der Waals surface area contributed by atoms with Crippen LogP contribution < -0.4 is 10.6 Å². The molecule has 7 heteroatoms. The summed E-state index contributed by atoms with van der Waals surface area (Å²) in [5.74, 6) is 0. The van der Waals surface area contributed by atoms with Crippen LogP contribution in [0.3, 0.4) is 0 Å². The highest BCUT2D eigenvalue weighted by atomic mass is 16.6. The molecule has 0 saturated carbocycles. The molecule has 0 bridgehead atoms. The van der Waals surface area contributed by atoms with E-state index >= 15 is 0 Å². The van der Waals surface area contributed by atoms with Crippen molar-refractivity contribution in [2.24, 2.45) is 0 Å². The fourth-order valence-electron chi connectivity index (χ4n) is 3.36. The number of piperazine rings is 1. The third kappa shape index (κ3) is 3.46. The van der Waals surface area contributed by atoms with E-state index in [9.17, 15) is 10.1 Å². The van der Waals surface area contributed by atoms with Crippen molar-refractivity contribution < 1.29 is 4.92 Å². The SMILES string of the molecule is CCN(CC)C1CCC([N+](=O)[O-])C(N2CCNCC2)N1. The first-order valence-electron chi connectivity index (χ1n) is 7.75. The monoisotopic (exact) mass is 285 g/mol. The van der Waals surface area contributed by atoms with Crippen LogP contribution in [0.5, 0.6) is 0 Å². The van der Waals surface area contributed by atoms with Crippen LogP contribution >= 0.6 is 0 Å². The number of rotatable bonds is 5. The summed E-state index contributed by atoms with van der Waals surface area (Å²) >= 11 is 0. The van der Waals surface area contributed by atoms with Crippen molar-refractivity contribution >= 4 is 0 Å². The summed E-state index contributed by atoms with van der Waals surface area (Å²) in [7, 11) is 0. The third-order valence-electron chi connectivity index (χ3n) is 4.53. The Morgan fingerprint density at radius 1 is 1.25 bits per heavy atom. The van der Waals surface area contributed by atoms with Gasteiger partial charge < -0.3 is 5.32 Å². The highest BCUT2D eigenvalue weighted by molar-refractivity contribution is 4.89. The summed E-state index contributed by atoms with van der Waals surface area (Å²) in [6.07, 6.45) is 1.65. The average molecular weight is 285 g/mol. The van der Waals surface area contributed by atoms with Gasteiger partial charge in [0.2, 0.25) is 6.04 Å². The molecule has 2 aliphatic heterocycles. The van der Waals surface area contributed by atoms with Gasteiger partial charge in [-0.2, -0.15) is 0 Å². The molecule has 2 fully saturated rings. The fraction of sp³-hybridized carbons (Fsp3) is 1.00. The van der Waals surface area contributed by atoms with E-state index in [-0.39, 0.29) is 17.3 Å². The lowest BCUT2D eigenvalue weighted by Crippen LogP contribution is -2.66. The predicted molar refractivity (Wildman–Crippen MR) is 78.1 cm³/mol. The molecule has 0 amide bonds. The lowest BCUT2D eigenvalue weighted by Gasteiger charge is -2.44. The largest absolute Gasteiger partial charge is 0.314 e. The van der Waals surface area contributed by atoms with Gasteiger partial charge in [-0.15, -0.1) is 0 Å². The molecule has 2 aliphatic rings. The molecule has 2 rings (SSSR count). The standard InChI is InChI=1S/C13H27N5O2/c1-3-16(4-2)12-6-5-11(18(19)20)13(15-12)17-9-7-14-8-10-17/h11-15H,3-10H2,1-2H3. The number of hydrogen-bond donors (Lipinski definition) is 2. The minimum atomic E-state index is -0.486. The minimum absolute atomic E-state index is 0.0991. The second-order valence-corrected chi connectivity index (χ2v) is 5.56. The normalized spacial score (nSPS) is 32.5. The lowest BCUT2D eigenvalue weighted by molar-refractivity contribution is -0.536. The Kier molecular flexibility index (Phi) is 5.71. The van der Waals surface area contributed by atoms with Gasteiger partial charge in [0.05, 0.1) is 6.17 Å². The molecule has 7 nitrogen and oxygen atoms in total. The molecule has 0 aromatic heterocycles. The molecule has 3 unspecified atom stereocenters. The van der Waals surface area contributed by atoms with Gasteiger partial charge in [-0.25, -0.2) is 0 Å². The van der Waals surface area contributed by atoms with Crippen molar-refractivity contribution in [2.75, 3.05) is 39.3 Å². The zero-order valence-electron chi connectivity index (χ0n) is 12.5. The third-order valence-corrected chi connectivity index (χ3v) is 4.53. The van der Waals surface area contributed by atoms with Gasteiger partial charge in [0, 0.05) is 37.5 Å². The second-order valence-electron chi connectivity index (χ2n) is 5.56. The highest BCUT2D eigenvalue weighted by Crippen LogP contribution is 2.21. The quantitative estimate of drug-likeness (QED) is 0.543. The molecule has 3 atom stereocenters. The molecule has 2 N–H and O–H groups in total. The van der Waals surface area contributed by atoms with Crippen molar-refractivity contribution in [2.45, 2.75) is 45.1 Å². The lowest BCUT2D eigenvalue weighted by atomic mass is 9.99. The van der Waals surface area contributed by atoms with Crippen molar-refractivity contribution in [3.8, 4) is 0 Å². The summed E-state index contributed by atoms with van der Waals surface area (Å²) in [5, 5.41) is 18.2. The van der Waals surface area contributed by atoms with Gasteiger partial charge >= 0.3 is 0 Å². The number of nitro groups is 1. The Bertz CT molecular complexity index is 318. The van der Waals surface area contributed by atoms with E-state index in [1.165, 1.54) is 0 Å². The van der Waals surface area contributed by atoms with Gasteiger partial charge in [0.15, 0.2) is 0 Å². The molecule has 0 spiro atoms. The molecule has 0 aliphatic carbocycles. The Labute approximate surface area is 120 Å². The summed E-state index contributed by atoms with van der Waals surface area (Å²) in [6.45, 7) is 9.84. The molecular formula is C13H27N5O2. The first kappa shape index (κ1) is 15.6. The second kappa shape index (κ2) is 7.31. The van der Waals surface area contributed by atoms with E-state index in [2.05, 4.69) is 34.3 Å². The number of nitrogens with zero attached hydrogens (tertiary/aromatic N) is 3.